The SMILES string of the molecule is Cc1nc2cc(-c3ccc4c(c3)C(C)(C)c3ccccc3-4)c(C)nc2cc1-c1ccc2c(c1)C(C)(C)c1ccccc1-2. The van der Waals surface area contributed by atoms with Crippen molar-refractivity contribution in [3.05, 3.63) is 131 Å². The van der Waals surface area contributed by atoms with Gasteiger partial charge < -0.3 is 0 Å². The first-order chi connectivity index (χ1) is 20.1. The zero-order valence-corrected chi connectivity index (χ0v) is 25.1. The molecule has 0 saturated heterocycles. The lowest BCUT2D eigenvalue weighted by Crippen LogP contribution is -2.15. The first-order valence-electron chi connectivity index (χ1n) is 14.9. The number of aromatic nitrogens is 2. The molecule has 0 aliphatic heterocycles. The Morgan fingerprint density at radius 2 is 0.786 bits per heavy atom. The van der Waals surface area contributed by atoms with Crippen LogP contribution in [0.5, 0.6) is 0 Å². The van der Waals surface area contributed by atoms with Gasteiger partial charge in [0, 0.05) is 33.3 Å². The highest BCUT2D eigenvalue weighted by atomic mass is 14.8. The van der Waals surface area contributed by atoms with Gasteiger partial charge in [0.2, 0.25) is 0 Å². The summed E-state index contributed by atoms with van der Waals surface area (Å²) in [5.41, 5.74) is 19.5. The van der Waals surface area contributed by atoms with Gasteiger partial charge >= 0.3 is 0 Å². The predicted octanol–water partition coefficient (Wildman–Crippen LogP) is 10.2. The molecular weight excluding hydrogens is 508 g/mol. The Hall–Kier alpha value is -4.56. The third kappa shape index (κ3) is 3.38. The fraction of sp³-hybridized carbons (Fsp3) is 0.200. The van der Waals surface area contributed by atoms with Gasteiger partial charge in [0.25, 0.3) is 0 Å². The minimum atomic E-state index is -0.0321. The van der Waals surface area contributed by atoms with Gasteiger partial charge in [-0.25, -0.2) is 0 Å². The second kappa shape index (κ2) is 8.49. The van der Waals surface area contributed by atoms with Gasteiger partial charge in [0.05, 0.1) is 11.0 Å². The van der Waals surface area contributed by atoms with Crippen LogP contribution in [-0.4, -0.2) is 9.97 Å². The Morgan fingerprint density at radius 1 is 0.405 bits per heavy atom. The summed E-state index contributed by atoms with van der Waals surface area (Å²) in [7, 11) is 0. The number of hydrogen-bond donors (Lipinski definition) is 0. The monoisotopic (exact) mass is 542 g/mol. The molecule has 2 aliphatic carbocycles. The Kier molecular flexibility index (Phi) is 5.09. The van der Waals surface area contributed by atoms with Crippen LogP contribution < -0.4 is 0 Å². The molecule has 2 nitrogen and oxygen atoms in total. The fourth-order valence-corrected chi connectivity index (χ4v) is 7.62. The van der Waals surface area contributed by atoms with Crippen LogP contribution in [0.25, 0.3) is 55.5 Å². The second-order valence-electron chi connectivity index (χ2n) is 13.1. The first-order valence-corrected chi connectivity index (χ1v) is 14.9. The molecule has 2 aliphatic rings. The molecule has 2 heteroatoms. The number of pyridine rings is 2. The molecule has 0 saturated carbocycles. The van der Waals surface area contributed by atoms with E-state index in [0.29, 0.717) is 0 Å². The van der Waals surface area contributed by atoms with Crippen molar-refractivity contribution >= 4 is 11.0 Å². The van der Waals surface area contributed by atoms with Crippen LogP contribution in [0.3, 0.4) is 0 Å². The van der Waals surface area contributed by atoms with Crippen LogP contribution in [0.15, 0.2) is 97.1 Å². The third-order valence-electron chi connectivity index (χ3n) is 9.97. The van der Waals surface area contributed by atoms with E-state index in [1.54, 1.807) is 0 Å². The lowest BCUT2D eigenvalue weighted by molar-refractivity contribution is 0.660. The topological polar surface area (TPSA) is 25.8 Å². The average molecular weight is 543 g/mol. The van der Waals surface area contributed by atoms with E-state index in [9.17, 15) is 0 Å². The molecule has 0 radical (unpaired) electrons. The van der Waals surface area contributed by atoms with Gasteiger partial charge in [-0.15, -0.1) is 0 Å². The summed E-state index contributed by atoms with van der Waals surface area (Å²) in [6.07, 6.45) is 0. The molecule has 204 valence electrons. The van der Waals surface area contributed by atoms with E-state index >= 15 is 0 Å². The van der Waals surface area contributed by atoms with Crippen molar-refractivity contribution in [1.29, 1.82) is 0 Å². The summed E-state index contributed by atoms with van der Waals surface area (Å²) in [6, 6.07) is 35.9. The van der Waals surface area contributed by atoms with Crippen LogP contribution in [0.2, 0.25) is 0 Å². The third-order valence-corrected chi connectivity index (χ3v) is 9.97. The highest BCUT2D eigenvalue weighted by Crippen LogP contribution is 2.51. The van der Waals surface area contributed by atoms with Gasteiger partial charge in [-0.3, -0.25) is 9.97 Å². The molecule has 0 N–H and O–H groups in total. The number of aryl methyl sites for hydroxylation is 2. The van der Waals surface area contributed by atoms with Crippen molar-refractivity contribution in [1.82, 2.24) is 9.97 Å². The van der Waals surface area contributed by atoms with Crippen LogP contribution in [0.4, 0.5) is 0 Å². The number of rotatable bonds is 2. The van der Waals surface area contributed by atoms with Crippen molar-refractivity contribution < 1.29 is 0 Å². The van der Waals surface area contributed by atoms with E-state index in [2.05, 4.69) is 139 Å². The number of nitrogens with zero attached hydrogens (tertiary/aromatic N) is 2. The molecule has 42 heavy (non-hydrogen) atoms. The largest absolute Gasteiger partial charge is 0.251 e. The average Bonchev–Trinajstić information content (AvgIpc) is 3.36. The van der Waals surface area contributed by atoms with Gasteiger partial charge in [0.15, 0.2) is 0 Å². The van der Waals surface area contributed by atoms with Crippen molar-refractivity contribution in [3.63, 3.8) is 0 Å². The summed E-state index contributed by atoms with van der Waals surface area (Å²) in [5.74, 6) is 0. The zero-order valence-electron chi connectivity index (χ0n) is 25.1. The van der Waals surface area contributed by atoms with Crippen LogP contribution in [0.1, 0.15) is 61.3 Å². The molecule has 0 fully saturated rings. The maximum absolute atomic E-state index is 5.12. The minimum Gasteiger partial charge on any atom is -0.251 e. The smallest absolute Gasteiger partial charge is 0.0896 e. The van der Waals surface area contributed by atoms with Gasteiger partial charge in [-0.1, -0.05) is 100 Å². The first kappa shape index (κ1) is 25.2. The zero-order chi connectivity index (χ0) is 29.0. The lowest BCUT2D eigenvalue weighted by Gasteiger charge is -2.22. The highest BCUT2D eigenvalue weighted by Gasteiger charge is 2.36. The standard InChI is InChI=1S/C40H34N2/c1-23-31(25-15-17-29-27-11-7-9-13-33(27)39(3,4)35(29)19-25)21-38-37(41-23)22-32(24(2)42-38)26-16-18-30-28-12-8-10-14-34(28)40(5,6)36(30)20-26/h7-22H,1-6H3. The summed E-state index contributed by atoms with van der Waals surface area (Å²) in [5, 5.41) is 0. The van der Waals surface area contributed by atoms with Gasteiger partial charge in [-0.2, -0.15) is 0 Å². The maximum Gasteiger partial charge on any atom is 0.0896 e. The molecule has 2 heterocycles. The minimum absolute atomic E-state index is 0.0321. The summed E-state index contributed by atoms with van der Waals surface area (Å²) in [6.45, 7) is 13.6. The van der Waals surface area contributed by atoms with Crippen molar-refractivity contribution in [2.75, 3.05) is 0 Å². The second-order valence-corrected chi connectivity index (χ2v) is 13.1. The van der Waals surface area contributed by atoms with E-state index in [1.165, 1.54) is 55.6 Å². The maximum atomic E-state index is 5.12. The molecule has 8 rings (SSSR count). The van der Waals surface area contributed by atoms with Crippen LogP contribution >= 0.6 is 0 Å². The lowest BCUT2D eigenvalue weighted by atomic mass is 9.81. The van der Waals surface area contributed by atoms with E-state index in [0.717, 1.165) is 33.5 Å². The molecule has 4 aromatic carbocycles. The summed E-state index contributed by atoms with van der Waals surface area (Å²) in [4.78, 5) is 10.2. The van der Waals surface area contributed by atoms with E-state index in [1.807, 2.05) is 0 Å². The molecule has 0 bridgehead atoms. The normalized spacial score (nSPS) is 15.3. The fourth-order valence-electron chi connectivity index (χ4n) is 7.62. The van der Waals surface area contributed by atoms with Gasteiger partial charge in [0.1, 0.15) is 0 Å². The molecular formula is C40H34N2. The van der Waals surface area contributed by atoms with E-state index in [4.69, 9.17) is 9.97 Å². The number of fused-ring (bicyclic) bond motifs is 7. The Balaban J connectivity index is 1.21. The van der Waals surface area contributed by atoms with Crippen molar-refractivity contribution in [3.8, 4) is 44.5 Å². The van der Waals surface area contributed by atoms with Crippen molar-refractivity contribution in [2.24, 2.45) is 0 Å². The van der Waals surface area contributed by atoms with E-state index in [-0.39, 0.29) is 10.8 Å². The quantitative estimate of drug-likeness (QED) is 0.217. The Morgan fingerprint density at radius 3 is 1.21 bits per heavy atom. The van der Waals surface area contributed by atoms with E-state index < -0.39 is 0 Å². The van der Waals surface area contributed by atoms with Gasteiger partial charge in [-0.05, 0) is 93.7 Å². The Bertz CT molecular complexity index is 1960. The molecule has 0 amide bonds. The Labute approximate surface area is 248 Å². The number of hydrogen-bond acceptors (Lipinski definition) is 2. The molecule has 0 unspecified atom stereocenters. The van der Waals surface area contributed by atoms with Crippen molar-refractivity contribution in [2.45, 2.75) is 52.4 Å². The number of benzene rings is 4. The summed E-state index contributed by atoms with van der Waals surface area (Å²) < 4.78 is 0. The molecule has 6 aromatic rings. The highest BCUT2D eigenvalue weighted by molar-refractivity contribution is 5.90. The summed E-state index contributed by atoms with van der Waals surface area (Å²) >= 11 is 0. The van der Waals surface area contributed by atoms with Crippen LogP contribution in [-0.2, 0) is 10.8 Å². The molecule has 0 spiro atoms. The predicted molar refractivity (Wildman–Crippen MR) is 175 cm³/mol. The molecule has 0 atom stereocenters. The van der Waals surface area contributed by atoms with Crippen LogP contribution in [0, 0.1) is 13.8 Å². The molecule has 2 aromatic heterocycles.